The number of nitrogens with zero attached hydrogens (tertiary/aromatic N) is 3. The first kappa shape index (κ1) is 23.2. The number of aromatic nitrogens is 1. The van der Waals surface area contributed by atoms with Crippen LogP contribution < -0.4 is 0 Å². The van der Waals surface area contributed by atoms with Gasteiger partial charge in [0.1, 0.15) is 5.76 Å². The average Bonchev–Trinajstić information content (AvgIpc) is 3.32. The Labute approximate surface area is 195 Å². The third-order valence-electron chi connectivity index (χ3n) is 6.09. The fraction of sp³-hybridized carbons (Fsp3) is 0.360. The molecule has 3 heterocycles. The van der Waals surface area contributed by atoms with E-state index >= 15 is 0 Å². The zero-order chi connectivity index (χ0) is 23.4. The molecule has 7 nitrogen and oxygen atoms in total. The molecule has 0 aliphatic carbocycles. The normalized spacial score (nSPS) is 15.5. The smallest absolute Gasteiger partial charge is 0.243 e. The van der Waals surface area contributed by atoms with E-state index in [4.69, 9.17) is 4.42 Å². The van der Waals surface area contributed by atoms with Gasteiger partial charge in [0, 0.05) is 37.9 Å². The maximum absolute atomic E-state index is 13.4. The van der Waals surface area contributed by atoms with Crippen LogP contribution in [-0.4, -0.2) is 41.6 Å². The molecule has 0 radical (unpaired) electrons. The first-order valence-electron chi connectivity index (χ1n) is 11.1. The van der Waals surface area contributed by atoms with Crippen LogP contribution in [0.2, 0.25) is 0 Å². The molecule has 0 unspecified atom stereocenters. The lowest BCUT2D eigenvalue weighted by Crippen LogP contribution is -2.44. The van der Waals surface area contributed by atoms with Crippen molar-refractivity contribution in [1.29, 1.82) is 0 Å². The molecule has 1 saturated heterocycles. The van der Waals surface area contributed by atoms with Gasteiger partial charge >= 0.3 is 0 Å². The molecule has 33 heavy (non-hydrogen) atoms. The molecule has 4 rings (SSSR count). The maximum Gasteiger partial charge on any atom is 0.243 e. The first-order valence-corrected chi connectivity index (χ1v) is 12.6. The Bertz CT molecular complexity index is 1190. The Balaban J connectivity index is 1.46. The van der Waals surface area contributed by atoms with Gasteiger partial charge in [-0.15, -0.1) is 0 Å². The SMILES string of the molecule is Cc1ccc(S(=O)(=O)N2CCC(C(=O)N(Cc3cccnc3)Cc3ccco3)CC2)c(C)c1. The standard InChI is InChI=1S/C25H29N3O4S/c1-19-7-8-24(20(2)15-19)33(30,31)28-12-9-22(10-13-28)25(29)27(18-23-6-4-14-32-23)17-21-5-3-11-26-16-21/h3-8,11,14-16,22H,9-10,12-13,17-18H2,1-2H3. The lowest BCUT2D eigenvalue weighted by molar-refractivity contribution is -0.138. The Morgan fingerprint density at radius 1 is 1.12 bits per heavy atom. The number of carbonyl (C=O) groups is 1. The zero-order valence-corrected chi connectivity index (χ0v) is 19.8. The number of furan rings is 1. The fourth-order valence-corrected chi connectivity index (χ4v) is 6.02. The lowest BCUT2D eigenvalue weighted by atomic mass is 9.96. The molecule has 1 fully saturated rings. The highest BCUT2D eigenvalue weighted by Gasteiger charge is 2.34. The van der Waals surface area contributed by atoms with E-state index in [2.05, 4.69) is 4.98 Å². The van der Waals surface area contributed by atoms with Crippen molar-refractivity contribution >= 4 is 15.9 Å². The number of hydrogen-bond donors (Lipinski definition) is 0. The summed E-state index contributed by atoms with van der Waals surface area (Å²) in [7, 11) is -3.58. The predicted molar refractivity (Wildman–Crippen MR) is 125 cm³/mol. The molecule has 1 amide bonds. The van der Waals surface area contributed by atoms with Crippen LogP contribution in [0.1, 0.15) is 35.3 Å². The Hall–Kier alpha value is -2.97. The van der Waals surface area contributed by atoms with Crippen molar-refractivity contribution < 1.29 is 17.6 Å². The molecule has 174 valence electrons. The topological polar surface area (TPSA) is 83.7 Å². The van der Waals surface area contributed by atoms with Crippen molar-refractivity contribution in [3.63, 3.8) is 0 Å². The fourth-order valence-electron chi connectivity index (χ4n) is 4.34. The van der Waals surface area contributed by atoms with E-state index in [0.29, 0.717) is 49.7 Å². The maximum atomic E-state index is 13.4. The van der Waals surface area contributed by atoms with Gasteiger partial charge in [0.15, 0.2) is 0 Å². The van der Waals surface area contributed by atoms with Crippen LogP contribution in [0.3, 0.4) is 0 Å². The highest BCUT2D eigenvalue weighted by Crippen LogP contribution is 2.28. The number of aryl methyl sites for hydroxylation is 2. The average molecular weight is 468 g/mol. The van der Waals surface area contributed by atoms with Crippen LogP contribution in [0.25, 0.3) is 0 Å². The summed E-state index contributed by atoms with van der Waals surface area (Å²) in [6.07, 6.45) is 6.03. The number of sulfonamides is 1. The molecular formula is C25H29N3O4S. The highest BCUT2D eigenvalue weighted by molar-refractivity contribution is 7.89. The van der Waals surface area contributed by atoms with E-state index in [1.54, 1.807) is 35.7 Å². The number of benzene rings is 1. The summed E-state index contributed by atoms with van der Waals surface area (Å²) < 4.78 is 33.4. The lowest BCUT2D eigenvalue weighted by Gasteiger charge is -2.33. The first-order chi connectivity index (χ1) is 15.8. The number of pyridine rings is 1. The minimum atomic E-state index is -3.58. The number of piperidine rings is 1. The van der Waals surface area contributed by atoms with Crippen molar-refractivity contribution in [1.82, 2.24) is 14.2 Å². The van der Waals surface area contributed by atoms with Crippen molar-refractivity contribution in [3.05, 3.63) is 83.6 Å². The van der Waals surface area contributed by atoms with Crippen LogP contribution in [-0.2, 0) is 27.9 Å². The monoisotopic (exact) mass is 467 g/mol. The van der Waals surface area contributed by atoms with Gasteiger partial charge < -0.3 is 9.32 Å². The van der Waals surface area contributed by atoms with Crippen molar-refractivity contribution in [2.24, 2.45) is 5.92 Å². The Kier molecular flexibility index (Phi) is 6.95. The molecule has 8 heteroatoms. The van der Waals surface area contributed by atoms with E-state index in [1.165, 1.54) is 4.31 Å². The van der Waals surface area contributed by atoms with Gasteiger partial charge in [0.2, 0.25) is 15.9 Å². The van der Waals surface area contributed by atoms with E-state index in [9.17, 15) is 13.2 Å². The third-order valence-corrected chi connectivity index (χ3v) is 8.14. The second-order valence-corrected chi connectivity index (χ2v) is 10.5. The molecular weight excluding hydrogens is 438 g/mol. The summed E-state index contributed by atoms with van der Waals surface area (Å²) in [5.74, 6) is 0.489. The van der Waals surface area contributed by atoms with Crippen LogP contribution >= 0.6 is 0 Å². The van der Waals surface area contributed by atoms with Crippen molar-refractivity contribution in [2.75, 3.05) is 13.1 Å². The van der Waals surface area contributed by atoms with Crippen molar-refractivity contribution in [3.8, 4) is 0 Å². The summed E-state index contributed by atoms with van der Waals surface area (Å²) in [5, 5.41) is 0. The summed E-state index contributed by atoms with van der Waals surface area (Å²) in [5.41, 5.74) is 2.71. The molecule has 1 aliphatic heterocycles. The molecule has 0 atom stereocenters. The molecule has 0 spiro atoms. The van der Waals surface area contributed by atoms with Gasteiger partial charge in [-0.25, -0.2) is 8.42 Å². The van der Waals surface area contributed by atoms with E-state index in [-0.39, 0.29) is 11.8 Å². The summed E-state index contributed by atoms with van der Waals surface area (Å²) >= 11 is 0. The van der Waals surface area contributed by atoms with Gasteiger partial charge in [-0.3, -0.25) is 9.78 Å². The molecule has 1 aromatic carbocycles. The van der Waals surface area contributed by atoms with E-state index < -0.39 is 10.0 Å². The molecule has 0 N–H and O–H groups in total. The van der Waals surface area contributed by atoms with Crippen LogP contribution in [0.4, 0.5) is 0 Å². The van der Waals surface area contributed by atoms with Crippen molar-refractivity contribution in [2.45, 2.75) is 44.7 Å². The van der Waals surface area contributed by atoms with Gasteiger partial charge in [-0.05, 0) is 62.1 Å². The number of carbonyl (C=O) groups excluding carboxylic acids is 1. The molecule has 0 bridgehead atoms. The zero-order valence-electron chi connectivity index (χ0n) is 19.0. The number of rotatable bonds is 7. The number of amides is 1. The largest absolute Gasteiger partial charge is 0.467 e. The highest BCUT2D eigenvalue weighted by atomic mass is 32.2. The van der Waals surface area contributed by atoms with Gasteiger partial charge in [0.05, 0.1) is 17.7 Å². The Morgan fingerprint density at radius 3 is 2.55 bits per heavy atom. The summed E-state index contributed by atoms with van der Waals surface area (Å²) in [4.78, 5) is 19.7. The number of hydrogen-bond acceptors (Lipinski definition) is 5. The van der Waals surface area contributed by atoms with Crippen LogP contribution in [0.5, 0.6) is 0 Å². The van der Waals surface area contributed by atoms with Gasteiger partial charge in [-0.2, -0.15) is 4.31 Å². The van der Waals surface area contributed by atoms with Crippen LogP contribution in [0.15, 0.2) is 70.4 Å². The second kappa shape index (κ2) is 9.89. The minimum Gasteiger partial charge on any atom is -0.467 e. The van der Waals surface area contributed by atoms with Gasteiger partial charge in [-0.1, -0.05) is 23.8 Å². The molecule has 2 aromatic heterocycles. The molecule has 1 aliphatic rings. The third kappa shape index (κ3) is 5.34. The Morgan fingerprint density at radius 2 is 1.91 bits per heavy atom. The van der Waals surface area contributed by atoms with Crippen LogP contribution in [0, 0.1) is 19.8 Å². The summed E-state index contributed by atoms with van der Waals surface area (Å²) in [6, 6.07) is 12.8. The van der Waals surface area contributed by atoms with E-state index in [1.807, 2.05) is 44.2 Å². The quantitative estimate of drug-likeness (QED) is 0.526. The predicted octanol–water partition coefficient (Wildman–Crippen LogP) is 3.92. The van der Waals surface area contributed by atoms with E-state index in [0.717, 1.165) is 16.7 Å². The minimum absolute atomic E-state index is 0.0128. The van der Waals surface area contributed by atoms with Gasteiger partial charge in [0.25, 0.3) is 0 Å². The second-order valence-electron chi connectivity index (χ2n) is 8.58. The molecule has 0 saturated carbocycles. The summed E-state index contributed by atoms with van der Waals surface area (Å²) in [6.45, 7) is 5.21. The molecule has 3 aromatic rings.